The zero-order valence-corrected chi connectivity index (χ0v) is 18.3. The lowest BCUT2D eigenvalue weighted by Crippen LogP contribution is -2.31. The Morgan fingerprint density at radius 3 is 2.43 bits per heavy atom. The molecule has 1 amide bonds. The number of rotatable bonds is 7. The Hall–Kier alpha value is -2.90. The zero-order chi connectivity index (χ0) is 21.8. The third-order valence-electron chi connectivity index (χ3n) is 4.79. The number of thiophene rings is 1. The smallest absolute Gasteiger partial charge is 0.339 e. The van der Waals surface area contributed by atoms with Crippen LogP contribution in [0.5, 0.6) is 0 Å². The Labute approximate surface area is 183 Å². The van der Waals surface area contributed by atoms with E-state index in [9.17, 15) is 14.4 Å². The fourth-order valence-corrected chi connectivity index (χ4v) is 4.16. The summed E-state index contributed by atoms with van der Waals surface area (Å²) in [7, 11) is 1.26. The molecule has 1 unspecified atom stereocenters. The van der Waals surface area contributed by atoms with E-state index in [1.165, 1.54) is 25.4 Å². The van der Waals surface area contributed by atoms with Gasteiger partial charge in [-0.2, -0.15) is 11.3 Å². The molecule has 3 aromatic rings. The number of carbonyl (C=O) groups excluding carboxylic acids is 3. The summed E-state index contributed by atoms with van der Waals surface area (Å²) in [6, 6.07) is 8.83. The highest BCUT2D eigenvalue weighted by Crippen LogP contribution is 2.26. The van der Waals surface area contributed by atoms with Gasteiger partial charge < -0.3 is 15.0 Å². The predicted molar refractivity (Wildman–Crippen MR) is 116 cm³/mol. The molecule has 2 heterocycles. The van der Waals surface area contributed by atoms with Gasteiger partial charge in [-0.1, -0.05) is 23.7 Å². The number of ether oxygens (including phenoxy) is 1. The number of carbonyl (C=O) groups is 3. The molecule has 8 heteroatoms. The van der Waals surface area contributed by atoms with Crippen molar-refractivity contribution in [2.75, 3.05) is 7.11 Å². The molecule has 0 bridgehead atoms. The fraction of sp³-hybridized carbons (Fsp3) is 0.227. The lowest BCUT2D eigenvalue weighted by molar-refractivity contribution is -0.121. The van der Waals surface area contributed by atoms with E-state index in [0.29, 0.717) is 22.0 Å². The molecule has 0 aliphatic carbocycles. The normalized spacial score (nSPS) is 11.7. The minimum absolute atomic E-state index is 0.104. The molecule has 1 aromatic carbocycles. The number of amides is 1. The Bertz CT molecular complexity index is 1070. The first kappa shape index (κ1) is 21.8. The van der Waals surface area contributed by atoms with E-state index in [0.717, 1.165) is 11.1 Å². The van der Waals surface area contributed by atoms with Gasteiger partial charge in [0.05, 0.1) is 30.8 Å². The molecule has 0 aliphatic rings. The molecule has 0 saturated heterocycles. The lowest BCUT2D eigenvalue weighted by Gasteiger charge is -2.19. The first-order valence-corrected chi connectivity index (χ1v) is 10.5. The number of benzene rings is 1. The van der Waals surface area contributed by atoms with Gasteiger partial charge in [-0.15, -0.1) is 0 Å². The number of Topliss-reactive ketones (excluding diaryl/α,β-unsaturated/α-hetero) is 1. The van der Waals surface area contributed by atoms with Crippen molar-refractivity contribution >= 4 is 40.6 Å². The molecule has 1 atom stereocenters. The van der Waals surface area contributed by atoms with E-state index >= 15 is 0 Å². The van der Waals surface area contributed by atoms with E-state index in [-0.39, 0.29) is 29.7 Å². The number of aromatic nitrogens is 1. The first-order valence-electron chi connectivity index (χ1n) is 9.19. The topological polar surface area (TPSA) is 88.3 Å². The van der Waals surface area contributed by atoms with Crippen molar-refractivity contribution in [1.29, 1.82) is 0 Å². The molecule has 3 rings (SSSR count). The third kappa shape index (κ3) is 4.63. The molecule has 0 radical (unpaired) electrons. The SMILES string of the molecule is COC(=O)c1c(CC(=O)NC(c2ccc(Cl)cc2)c2ccsc2)[nH]c(C(C)=O)c1C. The van der Waals surface area contributed by atoms with Crippen LogP contribution in [-0.2, 0) is 16.0 Å². The highest BCUT2D eigenvalue weighted by Gasteiger charge is 2.25. The van der Waals surface area contributed by atoms with Crippen LogP contribution >= 0.6 is 22.9 Å². The standard InChI is InChI=1S/C22H21ClN2O4S/c1-12-19(22(28)29-3)17(24-20(12)13(2)26)10-18(27)25-21(15-8-9-30-11-15)14-4-6-16(23)7-5-14/h4-9,11,21,24H,10H2,1-3H3,(H,25,27). The highest BCUT2D eigenvalue weighted by molar-refractivity contribution is 7.08. The van der Waals surface area contributed by atoms with Gasteiger partial charge in [0.1, 0.15) is 0 Å². The van der Waals surface area contributed by atoms with Crippen LogP contribution in [-0.4, -0.2) is 29.8 Å². The molecule has 0 saturated carbocycles. The largest absolute Gasteiger partial charge is 0.465 e. The summed E-state index contributed by atoms with van der Waals surface area (Å²) in [5.74, 6) is -1.12. The Morgan fingerprint density at radius 2 is 1.87 bits per heavy atom. The van der Waals surface area contributed by atoms with Crippen molar-refractivity contribution < 1.29 is 19.1 Å². The summed E-state index contributed by atoms with van der Waals surface area (Å²) in [6.07, 6.45) is -0.104. The molecule has 0 fully saturated rings. The van der Waals surface area contributed by atoms with Gasteiger partial charge in [0.15, 0.2) is 5.78 Å². The van der Waals surface area contributed by atoms with Crippen LogP contribution in [0.15, 0.2) is 41.1 Å². The summed E-state index contributed by atoms with van der Waals surface area (Å²) >= 11 is 7.53. The second-order valence-corrected chi connectivity index (χ2v) is 8.03. The van der Waals surface area contributed by atoms with Gasteiger partial charge in [0.2, 0.25) is 5.91 Å². The van der Waals surface area contributed by atoms with Gasteiger partial charge in [-0.05, 0) is 52.6 Å². The number of aromatic amines is 1. The van der Waals surface area contributed by atoms with Crippen molar-refractivity contribution in [1.82, 2.24) is 10.3 Å². The molecule has 30 heavy (non-hydrogen) atoms. The molecule has 0 aliphatic heterocycles. The number of methoxy groups -OCH3 is 1. The molecular weight excluding hydrogens is 424 g/mol. The number of esters is 1. The van der Waals surface area contributed by atoms with E-state index in [4.69, 9.17) is 16.3 Å². The molecule has 6 nitrogen and oxygen atoms in total. The maximum Gasteiger partial charge on any atom is 0.339 e. The van der Waals surface area contributed by atoms with Gasteiger partial charge >= 0.3 is 5.97 Å². The number of ketones is 1. The highest BCUT2D eigenvalue weighted by atomic mass is 35.5. The van der Waals surface area contributed by atoms with Crippen LogP contribution in [0, 0.1) is 6.92 Å². The second-order valence-electron chi connectivity index (χ2n) is 6.81. The predicted octanol–water partition coefficient (Wildman–Crippen LogP) is 4.48. The van der Waals surface area contributed by atoms with Gasteiger partial charge in [0, 0.05) is 17.6 Å². The van der Waals surface area contributed by atoms with E-state index in [2.05, 4.69) is 10.3 Å². The molecular formula is C22H21ClN2O4S. The monoisotopic (exact) mass is 444 g/mol. The summed E-state index contributed by atoms with van der Waals surface area (Å²) in [5.41, 5.74) is 3.16. The van der Waals surface area contributed by atoms with Crippen LogP contribution in [0.4, 0.5) is 0 Å². The minimum atomic E-state index is -0.592. The Morgan fingerprint density at radius 1 is 1.17 bits per heavy atom. The van der Waals surface area contributed by atoms with Gasteiger partial charge in [0.25, 0.3) is 0 Å². The zero-order valence-electron chi connectivity index (χ0n) is 16.7. The number of H-pyrrole nitrogens is 1. The van der Waals surface area contributed by atoms with Crippen molar-refractivity contribution in [3.05, 3.63) is 79.8 Å². The van der Waals surface area contributed by atoms with Crippen molar-refractivity contribution in [2.45, 2.75) is 26.3 Å². The van der Waals surface area contributed by atoms with Crippen LogP contribution in [0.2, 0.25) is 5.02 Å². The van der Waals surface area contributed by atoms with Crippen LogP contribution < -0.4 is 5.32 Å². The maximum atomic E-state index is 12.9. The summed E-state index contributed by atoms with van der Waals surface area (Å²) in [6.45, 7) is 3.06. The molecule has 2 aromatic heterocycles. The van der Waals surface area contributed by atoms with Gasteiger partial charge in [-0.3, -0.25) is 9.59 Å². The summed E-state index contributed by atoms with van der Waals surface area (Å²) < 4.78 is 4.84. The minimum Gasteiger partial charge on any atom is -0.465 e. The van der Waals surface area contributed by atoms with Gasteiger partial charge in [-0.25, -0.2) is 4.79 Å². The molecule has 156 valence electrons. The second kappa shape index (κ2) is 9.28. The first-order chi connectivity index (χ1) is 14.3. The average molecular weight is 445 g/mol. The lowest BCUT2D eigenvalue weighted by atomic mass is 10.0. The maximum absolute atomic E-state index is 12.9. The molecule has 0 spiro atoms. The fourth-order valence-electron chi connectivity index (χ4n) is 3.35. The quantitative estimate of drug-likeness (QED) is 0.415. The third-order valence-corrected chi connectivity index (χ3v) is 5.75. The number of halogens is 1. The van der Waals surface area contributed by atoms with Crippen LogP contribution in [0.3, 0.4) is 0 Å². The van der Waals surface area contributed by atoms with Crippen molar-refractivity contribution in [3.8, 4) is 0 Å². The Kier molecular flexibility index (Phi) is 6.74. The van der Waals surface area contributed by atoms with E-state index < -0.39 is 5.97 Å². The van der Waals surface area contributed by atoms with Crippen LogP contribution in [0.25, 0.3) is 0 Å². The average Bonchev–Trinajstić information content (AvgIpc) is 3.35. The van der Waals surface area contributed by atoms with Crippen molar-refractivity contribution in [3.63, 3.8) is 0 Å². The summed E-state index contributed by atoms with van der Waals surface area (Å²) in [4.78, 5) is 40.0. The van der Waals surface area contributed by atoms with E-state index in [1.807, 2.05) is 29.0 Å². The summed E-state index contributed by atoms with van der Waals surface area (Å²) in [5, 5.41) is 7.52. The van der Waals surface area contributed by atoms with E-state index in [1.54, 1.807) is 19.1 Å². The number of hydrogen-bond acceptors (Lipinski definition) is 5. The van der Waals surface area contributed by atoms with Crippen LogP contribution in [0.1, 0.15) is 56.2 Å². The van der Waals surface area contributed by atoms with Crippen molar-refractivity contribution in [2.24, 2.45) is 0 Å². The number of nitrogens with one attached hydrogen (secondary N) is 2. The Balaban J connectivity index is 1.89. The number of hydrogen-bond donors (Lipinski definition) is 2. The molecule has 2 N–H and O–H groups in total.